The van der Waals surface area contributed by atoms with Gasteiger partial charge < -0.3 is 15.4 Å². The molecule has 1 aromatic carbocycles. The second kappa shape index (κ2) is 6.45. The van der Waals surface area contributed by atoms with Gasteiger partial charge in [-0.2, -0.15) is 0 Å². The molecule has 1 fully saturated rings. The first-order chi connectivity index (χ1) is 9.22. The van der Waals surface area contributed by atoms with Crippen LogP contribution in [0.4, 0.5) is 4.79 Å². The maximum Gasteiger partial charge on any atom is 0.315 e. The number of carbonyl (C=O) groups is 1. The quantitative estimate of drug-likeness (QED) is 0.826. The summed E-state index contributed by atoms with van der Waals surface area (Å²) in [5, 5.41) is 5.70. The van der Waals surface area contributed by atoms with E-state index in [0.29, 0.717) is 6.54 Å². The third kappa shape index (κ3) is 3.63. The smallest absolute Gasteiger partial charge is 0.315 e. The minimum atomic E-state index is -0.0651. The molecule has 0 bridgehead atoms. The molecule has 1 aromatic rings. The Hall–Kier alpha value is -1.71. The molecule has 4 heteroatoms. The van der Waals surface area contributed by atoms with Crippen molar-refractivity contribution >= 4 is 6.03 Å². The fraction of sp³-hybridized carbons (Fsp3) is 0.533. The highest BCUT2D eigenvalue weighted by Crippen LogP contribution is 2.22. The summed E-state index contributed by atoms with van der Waals surface area (Å²) in [5.74, 6) is 0.964. The molecule has 104 valence electrons. The molecule has 1 unspecified atom stereocenters. The van der Waals surface area contributed by atoms with Gasteiger partial charge in [0.2, 0.25) is 0 Å². The van der Waals surface area contributed by atoms with Gasteiger partial charge in [0.1, 0.15) is 5.75 Å². The summed E-state index contributed by atoms with van der Waals surface area (Å²) in [6.07, 6.45) is 4.25. The molecular formula is C15H22N2O2. The second-order valence-corrected chi connectivity index (χ2v) is 5.01. The van der Waals surface area contributed by atoms with Crippen LogP contribution in [0.25, 0.3) is 0 Å². The standard InChI is InChI=1S/C15H22N2O2/c1-3-4-5-12-8-11(6-7-14(12)19-2)9-13-10-16-15(18)17-13/h6-8,13H,3-5,9-10H2,1-2H3,(H2,16,17,18). The predicted octanol–water partition coefficient (Wildman–Crippen LogP) is 2.26. The number of urea groups is 1. The molecule has 0 aromatic heterocycles. The van der Waals surface area contributed by atoms with Gasteiger partial charge in [-0.1, -0.05) is 25.5 Å². The maximum absolute atomic E-state index is 11.1. The van der Waals surface area contributed by atoms with E-state index in [1.165, 1.54) is 24.0 Å². The molecular weight excluding hydrogens is 240 g/mol. The van der Waals surface area contributed by atoms with E-state index in [9.17, 15) is 4.79 Å². The van der Waals surface area contributed by atoms with Crippen LogP contribution >= 0.6 is 0 Å². The van der Waals surface area contributed by atoms with E-state index in [-0.39, 0.29) is 12.1 Å². The highest BCUT2D eigenvalue weighted by molar-refractivity contribution is 5.76. The Labute approximate surface area is 114 Å². The lowest BCUT2D eigenvalue weighted by molar-refractivity contribution is 0.247. The van der Waals surface area contributed by atoms with E-state index in [0.717, 1.165) is 18.6 Å². The molecule has 1 atom stereocenters. The van der Waals surface area contributed by atoms with Gasteiger partial charge in [0.05, 0.1) is 13.2 Å². The van der Waals surface area contributed by atoms with E-state index in [1.54, 1.807) is 7.11 Å². The van der Waals surface area contributed by atoms with E-state index in [1.807, 2.05) is 6.07 Å². The molecule has 19 heavy (non-hydrogen) atoms. The van der Waals surface area contributed by atoms with Crippen molar-refractivity contribution in [2.75, 3.05) is 13.7 Å². The monoisotopic (exact) mass is 262 g/mol. The number of unbranched alkanes of at least 4 members (excludes halogenated alkanes) is 1. The minimum absolute atomic E-state index is 0.0651. The summed E-state index contributed by atoms with van der Waals surface area (Å²) in [4.78, 5) is 11.1. The number of ether oxygens (including phenoxy) is 1. The van der Waals surface area contributed by atoms with Gasteiger partial charge in [0.15, 0.2) is 0 Å². The summed E-state index contributed by atoms with van der Waals surface area (Å²) >= 11 is 0. The largest absolute Gasteiger partial charge is 0.496 e. The highest BCUT2D eigenvalue weighted by atomic mass is 16.5. The first kappa shape index (κ1) is 13.7. The number of aryl methyl sites for hydroxylation is 1. The van der Waals surface area contributed by atoms with E-state index in [4.69, 9.17) is 4.74 Å². The van der Waals surface area contributed by atoms with Crippen molar-refractivity contribution in [1.82, 2.24) is 10.6 Å². The van der Waals surface area contributed by atoms with Gasteiger partial charge in [-0.3, -0.25) is 0 Å². The van der Waals surface area contributed by atoms with Gasteiger partial charge in [0, 0.05) is 6.54 Å². The summed E-state index contributed by atoms with van der Waals surface area (Å²) < 4.78 is 5.40. The molecule has 0 spiro atoms. The molecule has 1 heterocycles. The summed E-state index contributed by atoms with van der Waals surface area (Å²) in [5.41, 5.74) is 2.51. The zero-order chi connectivity index (χ0) is 13.7. The first-order valence-electron chi connectivity index (χ1n) is 6.93. The molecule has 1 aliphatic heterocycles. The number of rotatable bonds is 6. The van der Waals surface area contributed by atoms with Crippen LogP contribution in [-0.2, 0) is 12.8 Å². The normalized spacial score (nSPS) is 18.0. The van der Waals surface area contributed by atoms with Crippen LogP contribution < -0.4 is 15.4 Å². The molecule has 0 radical (unpaired) electrons. The highest BCUT2D eigenvalue weighted by Gasteiger charge is 2.20. The SMILES string of the molecule is CCCCc1cc(CC2CNC(=O)N2)ccc1OC. The zero-order valence-electron chi connectivity index (χ0n) is 11.7. The van der Waals surface area contributed by atoms with Crippen LogP contribution in [0.5, 0.6) is 5.75 Å². The topological polar surface area (TPSA) is 50.4 Å². The van der Waals surface area contributed by atoms with Crippen molar-refractivity contribution in [1.29, 1.82) is 0 Å². The van der Waals surface area contributed by atoms with E-state index >= 15 is 0 Å². The fourth-order valence-electron chi connectivity index (χ4n) is 2.43. The average molecular weight is 262 g/mol. The fourth-order valence-corrected chi connectivity index (χ4v) is 2.43. The molecule has 4 nitrogen and oxygen atoms in total. The lowest BCUT2D eigenvalue weighted by Gasteiger charge is -2.13. The van der Waals surface area contributed by atoms with Crippen molar-refractivity contribution in [3.63, 3.8) is 0 Å². The Balaban J connectivity index is 2.06. The molecule has 2 rings (SSSR count). The van der Waals surface area contributed by atoms with Gasteiger partial charge >= 0.3 is 6.03 Å². The number of amides is 2. The van der Waals surface area contributed by atoms with Crippen LogP contribution in [0.2, 0.25) is 0 Å². The van der Waals surface area contributed by atoms with Crippen LogP contribution in [0.3, 0.4) is 0 Å². The van der Waals surface area contributed by atoms with Gasteiger partial charge in [-0.05, 0) is 36.5 Å². The zero-order valence-corrected chi connectivity index (χ0v) is 11.7. The van der Waals surface area contributed by atoms with Gasteiger partial charge in [0.25, 0.3) is 0 Å². The Kier molecular flexibility index (Phi) is 4.66. The molecule has 2 amide bonds. The van der Waals surface area contributed by atoms with Crippen LogP contribution in [-0.4, -0.2) is 25.7 Å². The molecule has 1 saturated heterocycles. The number of nitrogens with one attached hydrogen (secondary N) is 2. The average Bonchev–Trinajstić information content (AvgIpc) is 2.82. The summed E-state index contributed by atoms with van der Waals surface area (Å²) in [7, 11) is 1.71. The minimum Gasteiger partial charge on any atom is -0.496 e. The third-order valence-corrected chi connectivity index (χ3v) is 3.47. The predicted molar refractivity (Wildman–Crippen MR) is 75.6 cm³/mol. The molecule has 0 saturated carbocycles. The Bertz CT molecular complexity index is 446. The van der Waals surface area contributed by atoms with Gasteiger partial charge in [-0.15, -0.1) is 0 Å². The number of methoxy groups -OCH3 is 1. The number of carbonyl (C=O) groups excluding carboxylic acids is 1. The van der Waals surface area contributed by atoms with E-state index < -0.39 is 0 Å². The Morgan fingerprint density at radius 1 is 1.42 bits per heavy atom. The van der Waals surface area contributed by atoms with Gasteiger partial charge in [-0.25, -0.2) is 4.79 Å². The van der Waals surface area contributed by atoms with E-state index in [2.05, 4.69) is 29.7 Å². The van der Waals surface area contributed by atoms with Crippen molar-refractivity contribution in [3.8, 4) is 5.75 Å². The summed E-state index contributed by atoms with van der Waals surface area (Å²) in [6, 6.07) is 6.45. The van der Waals surface area contributed by atoms with Crippen molar-refractivity contribution < 1.29 is 9.53 Å². The molecule has 2 N–H and O–H groups in total. The van der Waals surface area contributed by atoms with Crippen LogP contribution in [0.15, 0.2) is 18.2 Å². The first-order valence-corrected chi connectivity index (χ1v) is 6.93. The number of benzene rings is 1. The molecule has 0 aliphatic carbocycles. The maximum atomic E-state index is 11.1. The summed E-state index contributed by atoms with van der Waals surface area (Å²) in [6.45, 7) is 2.89. The lowest BCUT2D eigenvalue weighted by Crippen LogP contribution is -2.28. The van der Waals surface area contributed by atoms with Crippen LogP contribution in [0.1, 0.15) is 30.9 Å². The third-order valence-electron chi connectivity index (χ3n) is 3.47. The Morgan fingerprint density at radius 2 is 2.26 bits per heavy atom. The van der Waals surface area contributed by atoms with Crippen molar-refractivity contribution in [2.24, 2.45) is 0 Å². The Morgan fingerprint density at radius 3 is 2.89 bits per heavy atom. The number of hydrogen-bond acceptors (Lipinski definition) is 2. The number of hydrogen-bond donors (Lipinski definition) is 2. The van der Waals surface area contributed by atoms with Crippen molar-refractivity contribution in [2.45, 2.75) is 38.6 Å². The second-order valence-electron chi connectivity index (χ2n) is 5.01. The molecule has 1 aliphatic rings. The lowest BCUT2D eigenvalue weighted by atomic mass is 10.00. The van der Waals surface area contributed by atoms with Crippen molar-refractivity contribution in [3.05, 3.63) is 29.3 Å². The van der Waals surface area contributed by atoms with Crippen LogP contribution in [0, 0.1) is 0 Å².